The highest BCUT2D eigenvalue weighted by molar-refractivity contribution is 9.10. The van der Waals surface area contributed by atoms with Crippen LogP contribution in [0.2, 0.25) is 0 Å². The van der Waals surface area contributed by atoms with Crippen LogP contribution >= 0.6 is 15.9 Å². The molecule has 0 aromatic heterocycles. The normalized spacial score (nSPS) is 10.1. The van der Waals surface area contributed by atoms with Crippen LogP contribution in [-0.4, -0.2) is 12.5 Å². The summed E-state index contributed by atoms with van der Waals surface area (Å²) in [6, 6.07) is 11.8. The highest BCUT2D eigenvalue weighted by Gasteiger charge is 2.09. The van der Waals surface area contributed by atoms with Gasteiger partial charge in [0.25, 0.3) is 5.91 Å². The first-order valence-electron chi connectivity index (χ1n) is 6.66. The summed E-state index contributed by atoms with van der Waals surface area (Å²) in [5.74, 6) is -0.307. The summed E-state index contributed by atoms with van der Waals surface area (Å²) in [6.45, 7) is 3.49. The fraction of sp³-hybridized carbons (Fsp3) is 0.118. The molecule has 0 bridgehead atoms. The maximum atomic E-state index is 13.6. The number of amides is 1. The zero-order valence-electron chi connectivity index (χ0n) is 11.8. The molecule has 1 N–H and O–H groups in total. The molecule has 0 aliphatic rings. The van der Waals surface area contributed by atoms with Crippen molar-refractivity contribution in [2.24, 2.45) is 0 Å². The summed E-state index contributed by atoms with van der Waals surface area (Å²) in [4.78, 5) is 11.9. The monoisotopic (exact) mass is 363 g/mol. The van der Waals surface area contributed by atoms with Crippen LogP contribution < -0.4 is 10.1 Å². The smallest absolute Gasteiger partial charge is 0.262 e. The van der Waals surface area contributed by atoms with Crippen LogP contribution in [0.15, 0.2) is 59.6 Å². The molecular formula is C17H15BrFNO2. The molecule has 0 radical (unpaired) electrons. The molecule has 2 aromatic carbocycles. The van der Waals surface area contributed by atoms with Crippen LogP contribution in [0.3, 0.4) is 0 Å². The van der Waals surface area contributed by atoms with E-state index in [9.17, 15) is 9.18 Å². The Kier molecular flexibility index (Phi) is 5.72. The minimum atomic E-state index is -0.505. The molecule has 3 nitrogen and oxygen atoms in total. The summed E-state index contributed by atoms with van der Waals surface area (Å²) in [6.07, 6.45) is 2.42. The number of halogens is 2. The Morgan fingerprint density at radius 3 is 2.82 bits per heavy atom. The van der Waals surface area contributed by atoms with Crippen molar-refractivity contribution in [1.82, 2.24) is 0 Å². The van der Waals surface area contributed by atoms with Crippen LogP contribution in [0.1, 0.15) is 5.56 Å². The molecule has 0 unspecified atom stereocenters. The SMILES string of the molecule is C=CCc1ccccc1OCC(=O)Nc1ccc(Br)cc1F. The van der Waals surface area contributed by atoms with Gasteiger partial charge in [0, 0.05) is 4.47 Å². The van der Waals surface area contributed by atoms with Crippen LogP contribution in [0.5, 0.6) is 5.75 Å². The van der Waals surface area contributed by atoms with Crippen LogP contribution in [0.4, 0.5) is 10.1 Å². The third-order valence-electron chi connectivity index (χ3n) is 2.90. The highest BCUT2D eigenvalue weighted by atomic mass is 79.9. The van der Waals surface area contributed by atoms with E-state index in [2.05, 4.69) is 27.8 Å². The summed E-state index contributed by atoms with van der Waals surface area (Å²) >= 11 is 3.16. The molecule has 0 aliphatic carbocycles. The lowest BCUT2D eigenvalue weighted by atomic mass is 10.1. The van der Waals surface area contributed by atoms with Crippen molar-refractivity contribution < 1.29 is 13.9 Å². The predicted octanol–water partition coefficient (Wildman–Crippen LogP) is 4.33. The lowest BCUT2D eigenvalue weighted by Crippen LogP contribution is -2.21. The van der Waals surface area contributed by atoms with Crippen LogP contribution in [0.25, 0.3) is 0 Å². The Bertz CT molecular complexity index is 688. The van der Waals surface area contributed by atoms with Crippen molar-refractivity contribution >= 4 is 27.5 Å². The van der Waals surface area contributed by atoms with Crippen molar-refractivity contribution in [3.8, 4) is 5.75 Å². The second-order valence-electron chi connectivity index (χ2n) is 4.56. The van der Waals surface area contributed by atoms with Crippen LogP contribution in [-0.2, 0) is 11.2 Å². The van der Waals surface area contributed by atoms with E-state index in [0.717, 1.165) is 5.56 Å². The van der Waals surface area contributed by atoms with E-state index in [0.29, 0.717) is 16.6 Å². The maximum Gasteiger partial charge on any atom is 0.262 e. The Balaban J connectivity index is 1.97. The van der Waals surface area contributed by atoms with E-state index in [-0.39, 0.29) is 12.3 Å². The summed E-state index contributed by atoms with van der Waals surface area (Å²) in [5.41, 5.74) is 1.07. The molecule has 0 spiro atoms. The summed E-state index contributed by atoms with van der Waals surface area (Å²) < 4.78 is 19.7. The second-order valence-corrected chi connectivity index (χ2v) is 5.48. The Morgan fingerprint density at radius 1 is 1.32 bits per heavy atom. The third kappa shape index (κ3) is 4.43. The predicted molar refractivity (Wildman–Crippen MR) is 88.6 cm³/mol. The van der Waals surface area contributed by atoms with E-state index in [1.807, 2.05) is 18.2 Å². The minimum absolute atomic E-state index is 0.121. The standard InChI is InChI=1S/C17H15BrFNO2/c1-2-5-12-6-3-4-7-16(12)22-11-17(21)20-15-9-8-13(18)10-14(15)19/h2-4,6-10H,1,5,11H2,(H,20,21). The Labute approximate surface area is 136 Å². The first-order valence-corrected chi connectivity index (χ1v) is 7.46. The fourth-order valence-corrected chi connectivity index (χ4v) is 2.22. The van der Waals surface area contributed by atoms with Gasteiger partial charge in [0.1, 0.15) is 11.6 Å². The number of carbonyl (C=O) groups excluding carboxylic acids is 1. The van der Waals surface area contributed by atoms with Gasteiger partial charge in [-0.15, -0.1) is 6.58 Å². The van der Waals surface area contributed by atoms with E-state index in [4.69, 9.17) is 4.74 Å². The minimum Gasteiger partial charge on any atom is -0.483 e. The maximum absolute atomic E-state index is 13.6. The molecular weight excluding hydrogens is 349 g/mol. The van der Waals surface area contributed by atoms with Crippen molar-refractivity contribution in [2.45, 2.75) is 6.42 Å². The quantitative estimate of drug-likeness (QED) is 0.775. The van der Waals surface area contributed by atoms with E-state index in [1.165, 1.54) is 12.1 Å². The third-order valence-corrected chi connectivity index (χ3v) is 3.39. The first-order chi connectivity index (χ1) is 10.6. The summed E-state index contributed by atoms with van der Waals surface area (Å²) in [7, 11) is 0. The van der Waals surface area contributed by atoms with E-state index >= 15 is 0 Å². The molecule has 114 valence electrons. The average molecular weight is 364 g/mol. The van der Waals surface area contributed by atoms with Gasteiger partial charge >= 0.3 is 0 Å². The van der Waals surface area contributed by atoms with Gasteiger partial charge in [-0.3, -0.25) is 4.79 Å². The number of ether oxygens (including phenoxy) is 1. The van der Waals surface area contributed by atoms with Gasteiger partial charge in [0.15, 0.2) is 6.61 Å². The molecule has 2 rings (SSSR count). The fourth-order valence-electron chi connectivity index (χ4n) is 1.89. The highest BCUT2D eigenvalue weighted by Crippen LogP contribution is 2.20. The number of para-hydroxylation sites is 1. The number of benzene rings is 2. The number of hydrogen-bond acceptors (Lipinski definition) is 2. The largest absolute Gasteiger partial charge is 0.483 e. The molecule has 0 aliphatic heterocycles. The number of anilines is 1. The first kappa shape index (κ1) is 16.2. The topological polar surface area (TPSA) is 38.3 Å². The van der Waals surface area contributed by atoms with Crippen molar-refractivity contribution in [3.63, 3.8) is 0 Å². The number of nitrogens with one attached hydrogen (secondary N) is 1. The molecule has 5 heteroatoms. The molecule has 0 heterocycles. The molecule has 0 saturated heterocycles. The molecule has 0 saturated carbocycles. The number of carbonyl (C=O) groups is 1. The lowest BCUT2D eigenvalue weighted by Gasteiger charge is -2.11. The van der Waals surface area contributed by atoms with Gasteiger partial charge in [-0.05, 0) is 36.2 Å². The van der Waals surface area contributed by atoms with Gasteiger partial charge in [0.05, 0.1) is 5.69 Å². The van der Waals surface area contributed by atoms with Crippen molar-refractivity contribution in [2.75, 3.05) is 11.9 Å². The van der Waals surface area contributed by atoms with Gasteiger partial charge in [-0.1, -0.05) is 40.2 Å². The molecule has 0 atom stereocenters. The van der Waals surface area contributed by atoms with E-state index in [1.54, 1.807) is 18.2 Å². The van der Waals surface area contributed by atoms with Gasteiger partial charge in [-0.25, -0.2) is 4.39 Å². The van der Waals surface area contributed by atoms with Gasteiger partial charge in [-0.2, -0.15) is 0 Å². The van der Waals surface area contributed by atoms with Gasteiger partial charge < -0.3 is 10.1 Å². The molecule has 0 fully saturated rings. The van der Waals surface area contributed by atoms with E-state index < -0.39 is 11.7 Å². The molecule has 22 heavy (non-hydrogen) atoms. The zero-order valence-corrected chi connectivity index (χ0v) is 13.4. The molecule has 2 aromatic rings. The molecule has 1 amide bonds. The van der Waals surface area contributed by atoms with Crippen LogP contribution in [0, 0.1) is 5.82 Å². The number of hydrogen-bond donors (Lipinski definition) is 1. The zero-order chi connectivity index (χ0) is 15.9. The summed E-state index contributed by atoms with van der Waals surface area (Å²) in [5, 5.41) is 2.48. The van der Waals surface area contributed by atoms with Gasteiger partial charge in [0.2, 0.25) is 0 Å². The number of rotatable bonds is 6. The number of allylic oxidation sites excluding steroid dienone is 1. The average Bonchev–Trinajstić information content (AvgIpc) is 2.49. The second kappa shape index (κ2) is 7.75. The Morgan fingerprint density at radius 2 is 2.09 bits per heavy atom. The van der Waals surface area contributed by atoms with Crippen molar-refractivity contribution in [3.05, 3.63) is 71.0 Å². The van der Waals surface area contributed by atoms with Crippen molar-refractivity contribution in [1.29, 1.82) is 0 Å². The Hall–Kier alpha value is -2.14. The lowest BCUT2D eigenvalue weighted by molar-refractivity contribution is -0.118.